The van der Waals surface area contributed by atoms with Crippen molar-refractivity contribution in [1.82, 2.24) is 19.0 Å². The van der Waals surface area contributed by atoms with Crippen LogP contribution in [0.25, 0.3) is 28.3 Å². The zero-order valence-corrected chi connectivity index (χ0v) is 19.3. The van der Waals surface area contributed by atoms with Crippen LogP contribution >= 0.6 is 0 Å². The quantitative estimate of drug-likeness (QED) is 0.385. The molecular formula is C27H27F2N5. The molecule has 6 rings (SSSR count). The van der Waals surface area contributed by atoms with Gasteiger partial charge in [-0.25, -0.2) is 13.8 Å². The smallest absolute Gasteiger partial charge is 0.161 e. The lowest BCUT2D eigenvalue weighted by Crippen LogP contribution is -2.28. The third-order valence-electron chi connectivity index (χ3n) is 6.93. The first kappa shape index (κ1) is 21.1. The lowest BCUT2D eigenvalue weighted by atomic mass is 10.1. The predicted molar refractivity (Wildman–Crippen MR) is 131 cm³/mol. The molecule has 174 valence electrons. The van der Waals surface area contributed by atoms with Gasteiger partial charge in [-0.15, -0.1) is 0 Å². The molecule has 0 amide bonds. The fraction of sp³-hybridized carbons (Fsp3) is 0.296. The normalized spacial score (nSPS) is 19.1. The van der Waals surface area contributed by atoms with Gasteiger partial charge in [-0.05, 0) is 61.6 Å². The molecule has 2 aliphatic rings. The molecule has 1 unspecified atom stereocenters. The number of imidazole rings is 1. The van der Waals surface area contributed by atoms with Gasteiger partial charge in [-0.1, -0.05) is 12.1 Å². The molecule has 2 aliphatic heterocycles. The molecule has 1 fully saturated rings. The Bertz CT molecular complexity index is 1340. The van der Waals surface area contributed by atoms with Crippen molar-refractivity contribution in [2.75, 3.05) is 38.6 Å². The Kier molecular flexibility index (Phi) is 5.03. The third-order valence-corrected chi connectivity index (χ3v) is 6.93. The van der Waals surface area contributed by atoms with Gasteiger partial charge in [0.25, 0.3) is 0 Å². The number of hydrogen-bond donors (Lipinski definition) is 0. The van der Waals surface area contributed by atoms with Gasteiger partial charge in [-0.2, -0.15) is 0 Å². The van der Waals surface area contributed by atoms with E-state index in [0.717, 1.165) is 52.7 Å². The highest BCUT2D eigenvalue weighted by molar-refractivity contribution is 5.72. The average Bonchev–Trinajstić information content (AvgIpc) is 3.52. The Hall–Kier alpha value is -3.45. The van der Waals surface area contributed by atoms with E-state index in [1.54, 1.807) is 12.1 Å². The van der Waals surface area contributed by atoms with Gasteiger partial charge in [-0.3, -0.25) is 4.57 Å². The van der Waals surface area contributed by atoms with Gasteiger partial charge >= 0.3 is 0 Å². The van der Waals surface area contributed by atoms with Gasteiger partial charge in [0.2, 0.25) is 0 Å². The summed E-state index contributed by atoms with van der Waals surface area (Å²) < 4.78 is 32.5. The molecule has 4 heterocycles. The summed E-state index contributed by atoms with van der Waals surface area (Å²) in [7, 11) is 3.99. The maximum Gasteiger partial charge on any atom is 0.161 e. The van der Waals surface area contributed by atoms with Crippen molar-refractivity contribution in [2.45, 2.75) is 12.7 Å². The van der Waals surface area contributed by atoms with E-state index in [0.29, 0.717) is 13.1 Å². The van der Waals surface area contributed by atoms with Crippen molar-refractivity contribution in [3.63, 3.8) is 0 Å². The van der Waals surface area contributed by atoms with Crippen LogP contribution in [0.4, 0.5) is 14.5 Å². The van der Waals surface area contributed by atoms with Gasteiger partial charge in [0.15, 0.2) is 5.82 Å². The van der Waals surface area contributed by atoms with Crippen molar-refractivity contribution in [3.05, 3.63) is 78.5 Å². The van der Waals surface area contributed by atoms with E-state index >= 15 is 0 Å². The molecule has 5 nitrogen and oxygen atoms in total. The highest BCUT2D eigenvalue weighted by atomic mass is 19.1. The Morgan fingerprint density at radius 3 is 2.65 bits per heavy atom. The number of halogens is 2. The van der Waals surface area contributed by atoms with Crippen LogP contribution in [0.2, 0.25) is 0 Å². The maximum atomic E-state index is 14.7. The summed E-state index contributed by atoms with van der Waals surface area (Å²) in [5.41, 5.74) is 6.30. The number of fused-ring (bicyclic) bond motifs is 5. The second-order valence-electron chi connectivity index (χ2n) is 9.63. The molecular weight excluding hydrogens is 432 g/mol. The Morgan fingerprint density at radius 2 is 1.85 bits per heavy atom. The number of rotatable bonds is 4. The summed E-state index contributed by atoms with van der Waals surface area (Å²) in [6.45, 7) is 2.58. The molecule has 2 atom stereocenters. The number of alkyl halides is 1. The fourth-order valence-corrected chi connectivity index (χ4v) is 5.31. The standard InChI is InChI=1S/C27H27F2N5/c1-31(2)13-21-16-32(17-24(21)29)23-7-8-25-20(11-23)15-33-14-19(18-3-5-22(28)6-4-18)12-26(33)27-30-9-10-34(25)27/h3-12,14,21,24H,13,15-17H2,1-2H3/t21-,24?/m0/s1. The van der Waals surface area contributed by atoms with Crippen LogP contribution in [-0.2, 0) is 6.54 Å². The number of anilines is 1. The van der Waals surface area contributed by atoms with Crippen LogP contribution < -0.4 is 4.90 Å². The third kappa shape index (κ3) is 3.60. The van der Waals surface area contributed by atoms with E-state index in [-0.39, 0.29) is 11.7 Å². The van der Waals surface area contributed by atoms with Crippen LogP contribution in [0.1, 0.15) is 5.56 Å². The van der Waals surface area contributed by atoms with E-state index in [1.807, 2.05) is 26.5 Å². The number of aromatic nitrogens is 3. The Balaban J connectivity index is 1.37. The number of benzene rings is 2. The SMILES string of the molecule is CN(C)C[C@H]1CN(c2ccc3c(c2)Cn2cc(-c4ccc(F)cc4)cc2-c2nccn2-3)CC1F. The van der Waals surface area contributed by atoms with Crippen molar-refractivity contribution >= 4 is 5.69 Å². The predicted octanol–water partition coefficient (Wildman–Crippen LogP) is 4.84. The lowest BCUT2D eigenvalue weighted by molar-refractivity contribution is 0.231. The molecule has 0 spiro atoms. The molecule has 4 aromatic rings. The Morgan fingerprint density at radius 1 is 1.03 bits per heavy atom. The van der Waals surface area contributed by atoms with E-state index in [9.17, 15) is 8.78 Å². The Labute approximate surface area is 197 Å². The van der Waals surface area contributed by atoms with E-state index in [2.05, 4.69) is 54.4 Å². The van der Waals surface area contributed by atoms with Crippen molar-refractivity contribution in [1.29, 1.82) is 0 Å². The summed E-state index contributed by atoms with van der Waals surface area (Å²) in [5, 5.41) is 0. The molecule has 0 radical (unpaired) electrons. The van der Waals surface area contributed by atoms with E-state index in [4.69, 9.17) is 0 Å². The average molecular weight is 460 g/mol. The molecule has 1 saturated heterocycles. The second-order valence-corrected chi connectivity index (χ2v) is 9.63. The summed E-state index contributed by atoms with van der Waals surface area (Å²) in [6.07, 6.45) is 5.07. The van der Waals surface area contributed by atoms with E-state index < -0.39 is 6.17 Å². The topological polar surface area (TPSA) is 29.2 Å². The fourth-order valence-electron chi connectivity index (χ4n) is 5.31. The largest absolute Gasteiger partial charge is 0.368 e. The molecule has 2 aromatic heterocycles. The summed E-state index contributed by atoms with van der Waals surface area (Å²) in [4.78, 5) is 8.87. The lowest BCUT2D eigenvalue weighted by Gasteiger charge is -2.21. The molecule has 7 heteroatoms. The van der Waals surface area contributed by atoms with Gasteiger partial charge in [0, 0.05) is 61.9 Å². The van der Waals surface area contributed by atoms with Gasteiger partial charge < -0.3 is 14.4 Å². The summed E-state index contributed by atoms with van der Waals surface area (Å²) in [5.74, 6) is 0.644. The zero-order chi connectivity index (χ0) is 23.4. The minimum absolute atomic E-state index is 0.0170. The first-order valence-electron chi connectivity index (χ1n) is 11.6. The molecule has 0 saturated carbocycles. The second kappa shape index (κ2) is 8.09. The van der Waals surface area contributed by atoms with Gasteiger partial charge in [0.1, 0.15) is 12.0 Å². The minimum Gasteiger partial charge on any atom is -0.368 e. The van der Waals surface area contributed by atoms with Crippen LogP contribution in [0.15, 0.2) is 67.1 Å². The maximum absolute atomic E-state index is 14.7. The number of hydrogen-bond acceptors (Lipinski definition) is 3. The van der Waals surface area contributed by atoms with Crippen LogP contribution in [0.5, 0.6) is 0 Å². The van der Waals surface area contributed by atoms with Crippen LogP contribution in [0.3, 0.4) is 0 Å². The highest BCUT2D eigenvalue weighted by Crippen LogP contribution is 2.36. The van der Waals surface area contributed by atoms with Crippen LogP contribution in [-0.4, -0.2) is 58.9 Å². The van der Waals surface area contributed by atoms with E-state index in [1.165, 1.54) is 12.1 Å². The summed E-state index contributed by atoms with van der Waals surface area (Å²) >= 11 is 0. The molecule has 0 N–H and O–H groups in total. The number of nitrogens with zero attached hydrogens (tertiary/aromatic N) is 5. The molecule has 0 aliphatic carbocycles. The highest BCUT2D eigenvalue weighted by Gasteiger charge is 2.33. The van der Waals surface area contributed by atoms with Crippen molar-refractivity contribution in [2.24, 2.45) is 5.92 Å². The molecule has 0 bridgehead atoms. The first-order valence-corrected chi connectivity index (χ1v) is 11.6. The monoisotopic (exact) mass is 459 g/mol. The van der Waals surface area contributed by atoms with Gasteiger partial charge in [0.05, 0.1) is 11.4 Å². The first-order chi connectivity index (χ1) is 16.5. The minimum atomic E-state index is -0.823. The van der Waals surface area contributed by atoms with Crippen LogP contribution in [0, 0.1) is 11.7 Å². The summed E-state index contributed by atoms with van der Waals surface area (Å²) in [6, 6.07) is 15.1. The molecule has 2 aromatic carbocycles. The molecule has 34 heavy (non-hydrogen) atoms. The zero-order valence-electron chi connectivity index (χ0n) is 19.3. The van der Waals surface area contributed by atoms with Crippen molar-refractivity contribution < 1.29 is 8.78 Å². The van der Waals surface area contributed by atoms with Crippen molar-refractivity contribution in [3.8, 4) is 28.3 Å².